The summed E-state index contributed by atoms with van der Waals surface area (Å²) in [4.78, 5) is 14.0. The maximum atomic E-state index is 11.4. The van der Waals surface area contributed by atoms with Crippen LogP contribution in [0.3, 0.4) is 0 Å². The summed E-state index contributed by atoms with van der Waals surface area (Å²) >= 11 is 0. The number of carbonyl (C=O) groups excluding carboxylic acids is 1. The summed E-state index contributed by atoms with van der Waals surface area (Å²) in [6.07, 6.45) is 3.52. The second-order valence-corrected chi connectivity index (χ2v) is 6.06. The molecule has 1 N–H and O–H groups in total. The fourth-order valence-electron chi connectivity index (χ4n) is 3.31. The Morgan fingerprint density at radius 2 is 2.22 bits per heavy atom. The highest BCUT2D eigenvalue weighted by Gasteiger charge is 2.33. The third-order valence-electron chi connectivity index (χ3n) is 4.42. The van der Waals surface area contributed by atoms with Crippen molar-refractivity contribution < 1.29 is 9.53 Å². The number of methoxy groups -OCH3 is 1. The number of carbonyl (C=O) groups is 1. The molecular weight excluding hydrogens is 228 g/mol. The number of hydrogen-bond acceptors (Lipinski definition) is 4. The highest BCUT2D eigenvalue weighted by molar-refractivity contribution is 5.75. The van der Waals surface area contributed by atoms with Crippen LogP contribution in [0.5, 0.6) is 0 Å². The van der Waals surface area contributed by atoms with Crippen LogP contribution in [-0.4, -0.2) is 49.7 Å². The smallest absolute Gasteiger partial charge is 0.322 e. The van der Waals surface area contributed by atoms with Gasteiger partial charge in [-0.3, -0.25) is 4.79 Å². The summed E-state index contributed by atoms with van der Waals surface area (Å²) in [7, 11) is 1.47. The Balaban J connectivity index is 1.74. The minimum Gasteiger partial charge on any atom is -0.468 e. The van der Waals surface area contributed by atoms with E-state index in [-0.39, 0.29) is 12.0 Å². The summed E-state index contributed by atoms with van der Waals surface area (Å²) in [6, 6.07) is 0.599. The molecule has 2 aliphatic rings. The molecule has 2 fully saturated rings. The van der Waals surface area contributed by atoms with E-state index in [4.69, 9.17) is 4.74 Å². The van der Waals surface area contributed by atoms with Gasteiger partial charge in [-0.1, -0.05) is 0 Å². The van der Waals surface area contributed by atoms with Crippen molar-refractivity contribution in [2.45, 2.75) is 45.2 Å². The molecule has 0 aromatic rings. The minimum absolute atomic E-state index is 0.0670. The van der Waals surface area contributed by atoms with Gasteiger partial charge < -0.3 is 15.0 Å². The van der Waals surface area contributed by atoms with Gasteiger partial charge in [-0.2, -0.15) is 0 Å². The standard InChI is InChI=1S/C14H26N2O2/c1-10(2)16-5-4-11(9-16)6-12-7-13(15-8-12)14(17)18-3/h10-13,15H,4-9H2,1-3H3. The molecule has 18 heavy (non-hydrogen) atoms. The van der Waals surface area contributed by atoms with Crippen LogP contribution in [0, 0.1) is 11.8 Å². The van der Waals surface area contributed by atoms with E-state index in [2.05, 4.69) is 24.1 Å². The van der Waals surface area contributed by atoms with Gasteiger partial charge in [-0.15, -0.1) is 0 Å². The van der Waals surface area contributed by atoms with Crippen molar-refractivity contribution in [3.8, 4) is 0 Å². The van der Waals surface area contributed by atoms with Crippen LogP contribution in [-0.2, 0) is 9.53 Å². The van der Waals surface area contributed by atoms with Gasteiger partial charge in [-0.05, 0) is 58.0 Å². The van der Waals surface area contributed by atoms with Crippen molar-refractivity contribution in [3.05, 3.63) is 0 Å². The van der Waals surface area contributed by atoms with Gasteiger partial charge in [0.15, 0.2) is 0 Å². The van der Waals surface area contributed by atoms with Crippen molar-refractivity contribution in [2.24, 2.45) is 11.8 Å². The predicted molar refractivity (Wildman–Crippen MR) is 71.3 cm³/mol. The maximum absolute atomic E-state index is 11.4. The average Bonchev–Trinajstić information content (AvgIpc) is 2.98. The molecule has 4 nitrogen and oxygen atoms in total. The van der Waals surface area contributed by atoms with Crippen LogP contribution >= 0.6 is 0 Å². The average molecular weight is 254 g/mol. The number of likely N-dealkylation sites (tertiary alicyclic amines) is 1. The zero-order valence-corrected chi connectivity index (χ0v) is 11.8. The zero-order valence-electron chi connectivity index (χ0n) is 11.8. The molecule has 0 radical (unpaired) electrons. The van der Waals surface area contributed by atoms with Crippen molar-refractivity contribution in [1.29, 1.82) is 0 Å². The number of nitrogens with zero attached hydrogens (tertiary/aromatic N) is 1. The molecule has 0 aromatic heterocycles. The highest BCUT2D eigenvalue weighted by Crippen LogP contribution is 2.29. The first-order chi connectivity index (χ1) is 8.60. The molecule has 4 heteroatoms. The first-order valence-electron chi connectivity index (χ1n) is 7.15. The number of ether oxygens (including phenoxy) is 1. The fourth-order valence-corrected chi connectivity index (χ4v) is 3.31. The van der Waals surface area contributed by atoms with Gasteiger partial charge in [-0.25, -0.2) is 0 Å². The lowest BCUT2D eigenvalue weighted by Gasteiger charge is -2.21. The van der Waals surface area contributed by atoms with E-state index in [1.807, 2.05) is 0 Å². The van der Waals surface area contributed by atoms with E-state index in [0.717, 1.165) is 18.9 Å². The monoisotopic (exact) mass is 254 g/mol. The predicted octanol–water partition coefficient (Wildman–Crippen LogP) is 1.26. The van der Waals surface area contributed by atoms with Gasteiger partial charge >= 0.3 is 5.97 Å². The van der Waals surface area contributed by atoms with E-state index in [9.17, 15) is 4.79 Å². The Bertz CT molecular complexity index is 294. The molecule has 0 saturated carbocycles. The van der Waals surface area contributed by atoms with E-state index >= 15 is 0 Å². The Kier molecular flexibility index (Phi) is 4.62. The zero-order chi connectivity index (χ0) is 13.1. The van der Waals surface area contributed by atoms with E-state index in [0.29, 0.717) is 12.0 Å². The van der Waals surface area contributed by atoms with Crippen LogP contribution in [0.15, 0.2) is 0 Å². The Hall–Kier alpha value is -0.610. The molecular formula is C14H26N2O2. The molecule has 2 heterocycles. The lowest BCUT2D eigenvalue weighted by atomic mass is 9.92. The second-order valence-electron chi connectivity index (χ2n) is 6.06. The largest absolute Gasteiger partial charge is 0.468 e. The van der Waals surface area contributed by atoms with Gasteiger partial charge in [0, 0.05) is 12.6 Å². The first kappa shape index (κ1) is 13.8. The van der Waals surface area contributed by atoms with Gasteiger partial charge in [0.25, 0.3) is 0 Å². The minimum atomic E-state index is -0.104. The molecule has 2 saturated heterocycles. The topological polar surface area (TPSA) is 41.6 Å². The molecule has 2 rings (SSSR count). The van der Waals surface area contributed by atoms with Crippen molar-refractivity contribution in [3.63, 3.8) is 0 Å². The van der Waals surface area contributed by atoms with Gasteiger partial charge in [0.1, 0.15) is 6.04 Å². The van der Waals surface area contributed by atoms with Crippen LogP contribution in [0.1, 0.15) is 33.1 Å². The molecule has 0 amide bonds. The van der Waals surface area contributed by atoms with Crippen molar-refractivity contribution >= 4 is 5.97 Å². The fraction of sp³-hybridized carbons (Fsp3) is 0.929. The molecule has 0 aliphatic carbocycles. The van der Waals surface area contributed by atoms with Crippen LogP contribution < -0.4 is 5.32 Å². The molecule has 104 valence electrons. The van der Waals surface area contributed by atoms with Crippen molar-refractivity contribution in [1.82, 2.24) is 10.2 Å². The van der Waals surface area contributed by atoms with E-state index in [1.54, 1.807) is 0 Å². The summed E-state index contributed by atoms with van der Waals surface area (Å²) < 4.78 is 4.79. The molecule has 0 bridgehead atoms. The van der Waals surface area contributed by atoms with Crippen LogP contribution in [0.25, 0.3) is 0 Å². The number of esters is 1. The van der Waals surface area contributed by atoms with Crippen molar-refractivity contribution in [2.75, 3.05) is 26.7 Å². The number of hydrogen-bond donors (Lipinski definition) is 1. The Morgan fingerprint density at radius 1 is 1.44 bits per heavy atom. The summed E-state index contributed by atoms with van der Waals surface area (Å²) in [5.74, 6) is 1.36. The summed E-state index contributed by atoms with van der Waals surface area (Å²) in [5.41, 5.74) is 0. The van der Waals surface area contributed by atoms with E-state index < -0.39 is 0 Å². The molecule has 3 atom stereocenters. The lowest BCUT2D eigenvalue weighted by molar-refractivity contribution is -0.142. The highest BCUT2D eigenvalue weighted by atomic mass is 16.5. The van der Waals surface area contributed by atoms with Crippen LogP contribution in [0.2, 0.25) is 0 Å². The summed E-state index contributed by atoms with van der Waals surface area (Å²) in [5, 5.41) is 3.28. The normalized spacial score (nSPS) is 33.2. The van der Waals surface area contributed by atoms with E-state index in [1.165, 1.54) is 33.0 Å². The molecule has 0 aromatic carbocycles. The quantitative estimate of drug-likeness (QED) is 0.767. The molecule has 0 spiro atoms. The Morgan fingerprint density at radius 3 is 2.83 bits per heavy atom. The first-order valence-corrected chi connectivity index (χ1v) is 7.15. The lowest BCUT2D eigenvalue weighted by Crippen LogP contribution is -2.31. The Labute approximate surface area is 110 Å². The maximum Gasteiger partial charge on any atom is 0.322 e. The van der Waals surface area contributed by atoms with Crippen LogP contribution in [0.4, 0.5) is 0 Å². The SMILES string of the molecule is COC(=O)C1CC(CC2CCN(C(C)C)C2)CN1. The third-order valence-corrected chi connectivity index (χ3v) is 4.42. The van der Waals surface area contributed by atoms with Gasteiger partial charge in [0.2, 0.25) is 0 Å². The molecule has 2 aliphatic heterocycles. The third kappa shape index (κ3) is 3.23. The number of nitrogens with one attached hydrogen (secondary N) is 1. The second kappa shape index (κ2) is 6.02. The molecule has 3 unspecified atom stereocenters. The van der Waals surface area contributed by atoms with Gasteiger partial charge in [0.05, 0.1) is 7.11 Å². The number of rotatable bonds is 4. The summed E-state index contributed by atoms with van der Waals surface area (Å²) in [6.45, 7) is 7.98.